The van der Waals surface area contributed by atoms with E-state index < -0.39 is 23.5 Å². The smallest absolute Gasteiger partial charge is 0.300 e. The number of Topliss-reactive ketones (excluding diaryl/α,β-unsaturated/α-hetero) is 1. The van der Waals surface area contributed by atoms with Crippen molar-refractivity contribution in [2.24, 2.45) is 0 Å². The number of halogens is 1. The van der Waals surface area contributed by atoms with Crippen molar-refractivity contribution in [2.75, 3.05) is 4.90 Å². The molecule has 4 rings (SSSR count). The summed E-state index contributed by atoms with van der Waals surface area (Å²) in [6, 6.07) is 16.1. The summed E-state index contributed by atoms with van der Waals surface area (Å²) in [6.45, 7) is 1.74. The highest BCUT2D eigenvalue weighted by Gasteiger charge is 2.48. The Balaban J connectivity index is 1.93. The van der Waals surface area contributed by atoms with Crippen LogP contribution >= 0.6 is 0 Å². The monoisotopic (exact) mass is 377 g/mol. The number of aliphatic hydroxyl groups excluding tert-OH is 1. The predicted molar refractivity (Wildman–Crippen MR) is 101 cm³/mol. The maximum Gasteiger partial charge on any atom is 0.300 e. The minimum Gasteiger partial charge on any atom is -0.507 e. The fourth-order valence-electron chi connectivity index (χ4n) is 3.32. The average molecular weight is 377 g/mol. The first-order valence-electron chi connectivity index (χ1n) is 8.65. The highest BCUT2D eigenvalue weighted by Crippen LogP contribution is 2.42. The van der Waals surface area contributed by atoms with Crippen molar-refractivity contribution in [1.29, 1.82) is 0 Å². The molecule has 0 radical (unpaired) electrons. The molecule has 28 heavy (non-hydrogen) atoms. The zero-order valence-electron chi connectivity index (χ0n) is 14.9. The Labute approximate surface area is 160 Å². The van der Waals surface area contributed by atoms with Gasteiger partial charge >= 0.3 is 0 Å². The Kier molecular flexibility index (Phi) is 4.31. The molecule has 1 saturated heterocycles. The SMILES string of the molecule is Cc1ccc(C2/C(=C(/O)c3ccccc3)C(=O)C(=O)N2c2ccc(F)cc2)o1. The van der Waals surface area contributed by atoms with Crippen LogP contribution in [0.25, 0.3) is 5.76 Å². The van der Waals surface area contributed by atoms with Crippen LogP contribution in [0.4, 0.5) is 10.1 Å². The van der Waals surface area contributed by atoms with Crippen molar-refractivity contribution in [1.82, 2.24) is 0 Å². The topological polar surface area (TPSA) is 70.8 Å². The first-order chi connectivity index (χ1) is 13.5. The lowest BCUT2D eigenvalue weighted by molar-refractivity contribution is -0.132. The molecule has 0 bridgehead atoms. The van der Waals surface area contributed by atoms with Gasteiger partial charge in [-0.3, -0.25) is 14.5 Å². The van der Waals surface area contributed by atoms with E-state index in [0.717, 1.165) is 0 Å². The van der Waals surface area contributed by atoms with Gasteiger partial charge in [0, 0.05) is 11.3 Å². The highest BCUT2D eigenvalue weighted by molar-refractivity contribution is 6.51. The van der Waals surface area contributed by atoms with Crippen molar-refractivity contribution in [3.8, 4) is 0 Å². The molecule has 6 heteroatoms. The van der Waals surface area contributed by atoms with Crippen LogP contribution in [0.5, 0.6) is 0 Å². The van der Waals surface area contributed by atoms with Gasteiger partial charge < -0.3 is 9.52 Å². The number of carbonyl (C=O) groups is 2. The van der Waals surface area contributed by atoms with Gasteiger partial charge in [-0.2, -0.15) is 0 Å². The number of benzene rings is 2. The standard InChI is InChI=1S/C22H16FNO4/c1-13-7-12-17(28-13)19-18(20(25)14-5-3-2-4-6-14)21(26)22(27)24(19)16-10-8-15(23)9-11-16/h2-12,19,25H,1H3/b20-18-. The summed E-state index contributed by atoms with van der Waals surface area (Å²) in [5.41, 5.74) is 0.664. The molecule has 1 aliphatic heterocycles. The van der Waals surface area contributed by atoms with Crippen molar-refractivity contribution in [2.45, 2.75) is 13.0 Å². The number of carbonyl (C=O) groups excluding carboxylic acids is 2. The lowest BCUT2D eigenvalue weighted by Gasteiger charge is -2.23. The molecule has 1 fully saturated rings. The van der Waals surface area contributed by atoms with E-state index in [0.29, 0.717) is 22.8 Å². The van der Waals surface area contributed by atoms with Gasteiger partial charge in [-0.05, 0) is 43.3 Å². The van der Waals surface area contributed by atoms with Crippen LogP contribution in [-0.2, 0) is 9.59 Å². The van der Waals surface area contributed by atoms with Crippen molar-refractivity contribution < 1.29 is 23.5 Å². The van der Waals surface area contributed by atoms with Crippen LogP contribution in [0.3, 0.4) is 0 Å². The van der Waals surface area contributed by atoms with Gasteiger partial charge in [-0.15, -0.1) is 0 Å². The number of furan rings is 1. The van der Waals surface area contributed by atoms with Gasteiger partial charge in [-0.1, -0.05) is 30.3 Å². The number of hydrogen-bond acceptors (Lipinski definition) is 4. The summed E-state index contributed by atoms with van der Waals surface area (Å²) < 4.78 is 19.0. The van der Waals surface area contributed by atoms with Gasteiger partial charge in [0.05, 0.1) is 5.57 Å². The molecule has 1 aromatic heterocycles. The number of hydrogen-bond donors (Lipinski definition) is 1. The normalized spacial score (nSPS) is 18.6. The molecule has 3 aromatic rings. The summed E-state index contributed by atoms with van der Waals surface area (Å²) in [7, 11) is 0. The Morgan fingerprint density at radius 2 is 1.68 bits per heavy atom. The molecule has 140 valence electrons. The average Bonchev–Trinajstić information content (AvgIpc) is 3.24. The number of aryl methyl sites for hydroxylation is 1. The second-order valence-electron chi connectivity index (χ2n) is 6.46. The minimum absolute atomic E-state index is 0.0742. The summed E-state index contributed by atoms with van der Waals surface area (Å²) in [5, 5.41) is 10.8. The van der Waals surface area contributed by atoms with Gasteiger partial charge in [0.2, 0.25) is 0 Å². The largest absolute Gasteiger partial charge is 0.507 e. The number of nitrogens with zero attached hydrogens (tertiary/aromatic N) is 1. The van der Waals surface area contributed by atoms with E-state index in [1.807, 2.05) is 0 Å². The molecule has 0 spiro atoms. The molecule has 2 heterocycles. The summed E-state index contributed by atoms with van der Waals surface area (Å²) in [4.78, 5) is 26.9. The quantitative estimate of drug-likeness (QED) is 0.418. The molecule has 0 saturated carbocycles. The van der Waals surface area contributed by atoms with E-state index in [2.05, 4.69) is 0 Å². The van der Waals surface area contributed by atoms with Gasteiger partial charge in [-0.25, -0.2) is 4.39 Å². The van der Waals surface area contributed by atoms with Crippen LogP contribution in [0.2, 0.25) is 0 Å². The summed E-state index contributed by atoms with van der Waals surface area (Å²) in [5.74, 6) is -1.47. The van der Waals surface area contributed by atoms with E-state index >= 15 is 0 Å². The molecular formula is C22H16FNO4. The van der Waals surface area contributed by atoms with E-state index in [4.69, 9.17) is 4.42 Å². The molecule has 1 unspecified atom stereocenters. The second kappa shape index (κ2) is 6.81. The number of anilines is 1. The maximum atomic E-state index is 13.4. The lowest BCUT2D eigenvalue weighted by atomic mass is 9.99. The van der Waals surface area contributed by atoms with Gasteiger partial charge in [0.1, 0.15) is 29.1 Å². The maximum absolute atomic E-state index is 13.4. The molecule has 1 atom stereocenters. The highest BCUT2D eigenvalue weighted by atomic mass is 19.1. The molecule has 1 N–H and O–H groups in total. The minimum atomic E-state index is -0.959. The fourth-order valence-corrected chi connectivity index (χ4v) is 3.32. The number of aliphatic hydroxyl groups is 1. The zero-order valence-corrected chi connectivity index (χ0v) is 14.9. The first kappa shape index (κ1) is 17.7. The third kappa shape index (κ3) is 2.89. The van der Waals surface area contributed by atoms with E-state index in [1.165, 1.54) is 29.2 Å². The van der Waals surface area contributed by atoms with Crippen LogP contribution in [0.15, 0.2) is 76.7 Å². The van der Waals surface area contributed by atoms with Crippen LogP contribution < -0.4 is 4.90 Å². The number of amides is 1. The molecule has 2 aromatic carbocycles. The van der Waals surface area contributed by atoms with Crippen LogP contribution in [0, 0.1) is 12.7 Å². The fraction of sp³-hybridized carbons (Fsp3) is 0.0909. The Hall–Kier alpha value is -3.67. The summed E-state index contributed by atoms with van der Waals surface area (Å²) in [6.07, 6.45) is 0. The first-order valence-corrected chi connectivity index (χ1v) is 8.65. The zero-order chi connectivity index (χ0) is 19.8. The lowest BCUT2D eigenvalue weighted by Crippen LogP contribution is -2.29. The van der Waals surface area contributed by atoms with Crippen molar-refractivity contribution in [3.63, 3.8) is 0 Å². The van der Waals surface area contributed by atoms with Crippen LogP contribution in [0.1, 0.15) is 23.1 Å². The van der Waals surface area contributed by atoms with Crippen molar-refractivity contribution in [3.05, 3.63) is 95.2 Å². The Morgan fingerprint density at radius 1 is 1.00 bits per heavy atom. The predicted octanol–water partition coefficient (Wildman–Crippen LogP) is 4.35. The number of rotatable bonds is 3. The molecule has 0 aliphatic carbocycles. The molecule has 1 amide bonds. The van der Waals surface area contributed by atoms with Gasteiger partial charge in [0.25, 0.3) is 11.7 Å². The van der Waals surface area contributed by atoms with Crippen LogP contribution in [-0.4, -0.2) is 16.8 Å². The van der Waals surface area contributed by atoms with Crippen molar-refractivity contribution >= 4 is 23.1 Å². The van der Waals surface area contributed by atoms with E-state index in [1.54, 1.807) is 49.4 Å². The molecular weight excluding hydrogens is 361 g/mol. The Bertz CT molecular complexity index is 1080. The van der Waals surface area contributed by atoms with E-state index in [-0.39, 0.29) is 11.3 Å². The third-order valence-corrected chi connectivity index (χ3v) is 4.63. The molecule has 1 aliphatic rings. The van der Waals surface area contributed by atoms with E-state index in [9.17, 15) is 19.1 Å². The molecule has 5 nitrogen and oxygen atoms in total. The second-order valence-corrected chi connectivity index (χ2v) is 6.46. The number of ketones is 1. The summed E-state index contributed by atoms with van der Waals surface area (Å²) >= 11 is 0. The Morgan fingerprint density at radius 3 is 2.29 bits per heavy atom. The van der Waals surface area contributed by atoms with Gasteiger partial charge in [0.15, 0.2) is 0 Å². The third-order valence-electron chi connectivity index (χ3n) is 4.63.